The Morgan fingerprint density at radius 3 is 2.58 bits per heavy atom. The second-order valence-electron chi connectivity index (χ2n) is 6.00. The maximum Gasteiger partial charge on any atom is 0.243 e. The van der Waals surface area contributed by atoms with E-state index in [4.69, 9.17) is 16.3 Å². The lowest BCUT2D eigenvalue weighted by Crippen LogP contribution is -2.23. The average molecular weight is 347 g/mol. The first kappa shape index (κ1) is 18.1. The summed E-state index contributed by atoms with van der Waals surface area (Å²) in [5.74, 6) is 0.563. The molecule has 0 saturated heterocycles. The van der Waals surface area contributed by atoms with Gasteiger partial charge in [-0.05, 0) is 57.0 Å². The van der Waals surface area contributed by atoms with Crippen LogP contribution in [-0.2, 0) is 4.79 Å². The summed E-state index contributed by atoms with van der Waals surface area (Å²) in [6.07, 6.45) is 0.0655. The Hall–Kier alpha value is -2.20. The Bertz CT molecular complexity index is 706. The zero-order valence-corrected chi connectivity index (χ0v) is 15.2. The molecule has 0 heterocycles. The van der Waals surface area contributed by atoms with Gasteiger partial charge >= 0.3 is 0 Å². The fraction of sp³-hybridized carbons (Fsp3) is 0.316. The summed E-state index contributed by atoms with van der Waals surface area (Å²) in [6, 6.07) is 11.4. The van der Waals surface area contributed by atoms with Gasteiger partial charge < -0.3 is 15.4 Å². The van der Waals surface area contributed by atoms with Gasteiger partial charge in [0.25, 0.3) is 0 Å². The Kier molecular flexibility index (Phi) is 6.10. The third-order valence-corrected chi connectivity index (χ3v) is 3.68. The van der Waals surface area contributed by atoms with Gasteiger partial charge in [-0.25, -0.2) is 0 Å². The van der Waals surface area contributed by atoms with Crippen LogP contribution in [0.5, 0.6) is 5.75 Å². The Balaban J connectivity index is 2.02. The van der Waals surface area contributed by atoms with Crippen LogP contribution in [-0.4, -0.2) is 18.6 Å². The number of ether oxygens (including phenoxy) is 1. The van der Waals surface area contributed by atoms with Gasteiger partial charge in [-0.2, -0.15) is 0 Å². The van der Waals surface area contributed by atoms with Crippen LogP contribution >= 0.6 is 11.6 Å². The monoisotopic (exact) mass is 346 g/mol. The lowest BCUT2D eigenvalue weighted by Gasteiger charge is -2.16. The van der Waals surface area contributed by atoms with Crippen LogP contribution in [0.2, 0.25) is 5.02 Å². The van der Waals surface area contributed by atoms with Crippen molar-refractivity contribution in [1.82, 2.24) is 0 Å². The van der Waals surface area contributed by atoms with Crippen molar-refractivity contribution >= 4 is 28.9 Å². The summed E-state index contributed by atoms with van der Waals surface area (Å²) in [7, 11) is 0. The lowest BCUT2D eigenvalue weighted by molar-refractivity contribution is -0.114. The number of aryl methyl sites for hydroxylation is 2. The van der Waals surface area contributed by atoms with Gasteiger partial charge in [-0.1, -0.05) is 29.8 Å². The third-order valence-electron chi connectivity index (χ3n) is 3.39. The predicted octanol–water partition coefficient (Wildman–Crippen LogP) is 4.79. The number of carbonyl (C=O) groups excluding carboxylic acids is 1. The van der Waals surface area contributed by atoms with Crippen LogP contribution in [0.4, 0.5) is 11.4 Å². The fourth-order valence-corrected chi connectivity index (χ4v) is 2.77. The molecule has 24 heavy (non-hydrogen) atoms. The summed E-state index contributed by atoms with van der Waals surface area (Å²) >= 11 is 6.22. The second-order valence-corrected chi connectivity index (χ2v) is 6.41. The molecule has 0 spiro atoms. The highest BCUT2D eigenvalue weighted by molar-refractivity contribution is 6.34. The van der Waals surface area contributed by atoms with E-state index in [1.165, 1.54) is 0 Å². The van der Waals surface area contributed by atoms with E-state index in [2.05, 4.69) is 10.6 Å². The molecule has 0 aliphatic rings. The van der Waals surface area contributed by atoms with Crippen LogP contribution in [0.25, 0.3) is 0 Å². The van der Waals surface area contributed by atoms with Crippen molar-refractivity contribution in [2.45, 2.75) is 33.8 Å². The van der Waals surface area contributed by atoms with Crippen LogP contribution in [0.15, 0.2) is 36.4 Å². The van der Waals surface area contributed by atoms with Crippen molar-refractivity contribution in [3.8, 4) is 5.75 Å². The molecule has 0 saturated carbocycles. The van der Waals surface area contributed by atoms with E-state index in [1.54, 1.807) is 0 Å². The normalized spacial score (nSPS) is 10.6. The molecule has 2 rings (SSSR count). The Labute approximate surface area is 148 Å². The van der Waals surface area contributed by atoms with Gasteiger partial charge in [-0.15, -0.1) is 0 Å². The van der Waals surface area contributed by atoms with E-state index < -0.39 is 0 Å². The smallest absolute Gasteiger partial charge is 0.243 e. The van der Waals surface area contributed by atoms with E-state index >= 15 is 0 Å². The molecule has 0 bridgehead atoms. The zero-order valence-electron chi connectivity index (χ0n) is 14.4. The number of hydrogen-bond donors (Lipinski definition) is 2. The second kappa shape index (κ2) is 8.06. The average Bonchev–Trinajstić information content (AvgIpc) is 2.49. The minimum atomic E-state index is -0.164. The van der Waals surface area contributed by atoms with Crippen molar-refractivity contribution in [2.75, 3.05) is 17.2 Å². The molecule has 4 nitrogen and oxygen atoms in total. The first-order valence-corrected chi connectivity index (χ1v) is 8.30. The largest absolute Gasteiger partial charge is 0.489 e. The van der Waals surface area contributed by atoms with E-state index in [0.29, 0.717) is 10.7 Å². The number of nitrogens with one attached hydrogen (secondary N) is 2. The molecular formula is C19H23ClN2O2. The molecule has 0 aliphatic heterocycles. The van der Waals surface area contributed by atoms with Crippen molar-refractivity contribution in [2.24, 2.45) is 0 Å². The number of hydrogen-bond acceptors (Lipinski definition) is 3. The van der Waals surface area contributed by atoms with Gasteiger partial charge in [0, 0.05) is 0 Å². The summed E-state index contributed by atoms with van der Waals surface area (Å²) in [5.41, 5.74) is 3.44. The number of amides is 1. The summed E-state index contributed by atoms with van der Waals surface area (Å²) in [6.45, 7) is 7.95. The number of anilines is 2. The van der Waals surface area contributed by atoms with Gasteiger partial charge in [0.05, 0.1) is 29.0 Å². The highest BCUT2D eigenvalue weighted by Gasteiger charge is 2.11. The molecule has 2 aromatic carbocycles. The molecule has 0 fully saturated rings. The maximum absolute atomic E-state index is 12.2. The molecule has 0 aromatic heterocycles. The number of benzene rings is 2. The summed E-state index contributed by atoms with van der Waals surface area (Å²) < 4.78 is 5.73. The first-order valence-electron chi connectivity index (χ1n) is 7.93. The number of carbonyl (C=O) groups is 1. The molecule has 5 heteroatoms. The Morgan fingerprint density at radius 1 is 1.21 bits per heavy atom. The molecule has 0 atom stereocenters. The number of para-hydroxylation sites is 2. The van der Waals surface area contributed by atoms with Gasteiger partial charge in [-0.3, -0.25) is 4.79 Å². The van der Waals surface area contributed by atoms with Crippen molar-refractivity contribution in [3.05, 3.63) is 52.5 Å². The molecular weight excluding hydrogens is 324 g/mol. The quantitative estimate of drug-likeness (QED) is 0.790. The van der Waals surface area contributed by atoms with Crippen molar-refractivity contribution < 1.29 is 9.53 Å². The van der Waals surface area contributed by atoms with Crippen LogP contribution < -0.4 is 15.4 Å². The summed E-state index contributed by atoms with van der Waals surface area (Å²) in [5, 5.41) is 6.52. The van der Waals surface area contributed by atoms with Crippen LogP contribution in [0.3, 0.4) is 0 Å². The molecule has 2 aromatic rings. The summed E-state index contributed by atoms with van der Waals surface area (Å²) in [4.78, 5) is 12.2. The van der Waals surface area contributed by atoms with Crippen molar-refractivity contribution in [1.29, 1.82) is 0 Å². The topological polar surface area (TPSA) is 50.4 Å². The van der Waals surface area contributed by atoms with Crippen LogP contribution in [0, 0.1) is 13.8 Å². The lowest BCUT2D eigenvalue weighted by atomic mass is 10.1. The first-order chi connectivity index (χ1) is 11.4. The third kappa shape index (κ3) is 4.90. The minimum Gasteiger partial charge on any atom is -0.489 e. The van der Waals surface area contributed by atoms with Gasteiger partial charge in [0.2, 0.25) is 5.91 Å². The van der Waals surface area contributed by atoms with E-state index in [-0.39, 0.29) is 18.6 Å². The van der Waals surface area contributed by atoms with E-state index in [9.17, 15) is 4.79 Å². The van der Waals surface area contributed by atoms with Crippen LogP contribution in [0.1, 0.15) is 25.0 Å². The highest BCUT2D eigenvalue weighted by Crippen LogP contribution is 2.28. The van der Waals surface area contributed by atoms with E-state index in [0.717, 1.165) is 22.6 Å². The molecule has 128 valence electrons. The highest BCUT2D eigenvalue weighted by atomic mass is 35.5. The maximum atomic E-state index is 12.2. The predicted molar refractivity (Wildman–Crippen MR) is 100 cm³/mol. The Morgan fingerprint density at radius 2 is 1.92 bits per heavy atom. The molecule has 0 unspecified atom stereocenters. The number of halogens is 1. The molecule has 2 N–H and O–H groups in total. The number of rotatable bonds is 6. The molecule has 0 aliphatic carbocycles. The molecule has 0 radical (unpaired) electrons. The molecule has 1 amide bonds. The van der Waals surface area contributed by atoms with Crippen molar-refractivity contribution in [3.63, 3.8) is 0 Å². The zero-order chi connectivity index (χ0) is 17.7. The van der Waals surface area contributed by atoms with Gasteiger partial charge in [0.1, 0.15) is 5.75 Å². The van der Waals surface area contributed by atoms with E-state index in [1.807, 2.05) is 64.1 Å². The van der Waals surface area contributed by atoms with Gasteiger partial charge in [0.15, 0.2) is 0 Å². The fourth-order valence-electron chi connectivity index (χ4n) is 2.40. The standard InChI is InChI=1S/C19H23ClN2O2/c1-12(2)24-17-8-6-5-7-16(17)21-11-18(23)22-19-14(4)9-13(3)10-15(19)20/h5-10,12,21H,11H2,1-4H3,(H,22,23). The SMILES string of the molecule is Cc1cc(C)c(NC(=O)CNc2ccccc2OC(C)C)c(Cl)c1. The minimum absolute atomic E-state index is 0.0655.